The maximum atomic E-state index is 12.2. The van der Waals surface area contributed by atoms with Crippen LogP contribution in [-0.4, -0.2) is 23.9 Å². The zero-order valence-electron chi connectivity index (χ0n) is 12.4. The molecule has 0 bridgehead atoms. The number of hydrogen-bond donors (Lipinski definition) is 1. The highest BCUT2D eigenvalue weighted by atomic mass is 32.1. The van der Waals surface area contributed by atoms with Crippen molar-refractivity contribution in [2.75, 3.05) is 18.4 Å². The van der Waals surface area contributed by atoms with Gasteiger partial charge in [-0.15, -0.1) is 11.3 Å². The fourth-order valence-corrected chi connectivity index (χ4v) is 3.77. The highest BCUT2D eigenvalue weighted by Gasteiger charge is 2.20. The molecule has 0 radical (unpaired) electrons. The molecule has 1 N–H and O–H groups in total. The molecule has 0 atom stereocenters. The van der Waals surface area contributed by atoms with Crippen LogP contribution < -0.4 is 5.32 Å². The molecule has 0 aromatic carbocycles. The van der Waals surface area contributed by atoms with Crippen LogP contribution in [0.15, 0.2) is 22.8 Å². The van der Waals surface area contributed by atoms with Crippen LogP contribution in [0, 0.1) is 13.8 Å². The summed E-state index contributed by atoms with van der Waals surface area (Å²) in [5.74, 6) is 0.176. The summed E-state index contributed by atoms with van der Waals surface area (Å²) in [4.78, 5) is 15.9. The van der Waals surface area contributed by atoms with Gasteiger partial charge >= 0.3 is 0 Å². The molecule has 1 aliphatic rings. The summed E-state index contributed by atoms with van der Waals surface area (Å²) in [5.41, 5.74) is 2.54. The number of nitrogens with zero attached hydrogens (tertiary/aromatic N) is 1. The van der Waals surface area contributed by atoms with Crippen molar-refractivity contribution in [2.45, 2.75) is 33.2 Å². The van der Waals surface area contributed by atoms with Gasteiger partial charge in [-0.1, -0.05) is 0 Å². The molecular weight excluding hydrogens is 284 g/mol. The van der Waals surface area contributed by atoms with Gasteiger partial charge in [0.05, 0.1) is 6.26 Å². The highest BCUT2D eigenvalue weighted by Crippen LogP contribution is 2.34. The van der Waals surface area contributed by atoms with Crippen molar-refractivity contribution in [3.05, 3.63) is 40.2 Å². The number of furan rings is 1. The Morgan fingerprint density at radius 3 is 2.81 bits per heavy atom. The highest BCUT2D eigenvalue weighted by molar-refractivity contribution is 7.16. The summed E-state index contributed by atoms with van der Waals surface area (Å²) in [6.45, 7) is 7.47. The Morgan fingerprint density at radius 1 is 1.38 bits per heavy atom. The van der Waals surface area contributed by atoms with Crippen molar-refractivity contribution in [1.29, 1.82) is 0 Å². The van der Waals surface area contributed by atoms with Gasteiger partial charge in [-0.2, -0.15) is 0 Å². The predicted molar refractivity (Wildman–Crippen MR) is 85.0 cm³/mol. The van der Waals surface area contributed by atoms with Crippen LogP contribution >= 0.6 is 11.3 Å². The number of thiophene rings is 1. The number of hydrogen-bond acceptors (Lipinski definition) is 4. The second-order valence-electron chi connectivity index (χ2n) is 5.51. The number of anilines is 1. The molecule has 21 heavy (non-hydrogen) atoms. The molecule has 1 saturated heterocycles. The SMILES string of the molecule is Cc1sc(NC(=O)c2ccco2)c(CN2CCCC2)c1C. The molecule has 1 aliphatic heterocycles. The van der Waals surface area contributed by atoms with E-state index in [0.717, 1.165) is 24.6 Å². The first-order valence-electron chi connectivity index (χ1n) is 7.31. The second kappa shape index (κ2) is 6.03. The maximum absolute atomic E-state index is 12.2. The van der Waals surface area contributed by atoms with E-state index in [1.807, 2.05) is 0 Å². The van der Waals surface area contributed by atoms with Gasteiger partial charge in [0.25, 0.3) is 5.91 Å². The third-order valence-corrected chi connectivity index (χ3v) is 5.23. The Hall–Kier alpha value is -1.59. The van der Waals surface area contributed by atoms with E-state index in [1.165, 1.54) is 35.1 Å². The quantitative estimate of drug-likeness (QED) is 0.934. The Kier molecular flexibility index (Phi) is 4.12. The van der Waals surface area contributed by atoms with Crippen LogP contribution in [0.4, 0.5) is 5.00 Å². The Labute approximate surface area is 128 Å². The molecule has 1 fully saturated rings. The molecule has 3 rings (SSSR count). The lowest BCUT2D eigenvalue weighted by Gasteiger charge is -2.16. The minimum absolute atomic E-state index is 0.177. The number of nitrogens with one attached hydrogen (secondary N) is 1. The second-order valence-corrected chi connectivity index (χ2v) is 6.73. The topological polar surface area (TPSA) is 45.5 Å². The molecule has 0 aliphatic carbocycles. The third-order valence-electron chi connectivity index (χ3n) is 4.06. The van der Waals surface area contributed by atoms with Crippen molar-refractivity contribution in [1.82, 2.24) is 4.90 Å². The zero-order chi connectivity index (χ0) is 14.8. The van der Waals surface area contributed by atoms with Crippen LogP contribution in [0.25, 0.3) is 0 Å². The first kappa shape index (κ1) is 14.4. The van der Waals surface area contributed by atoms with Crippen molar-refractivity contribution in [3.8, 4) is 0 Å². The molecule has 0 saturated carbocycles. The Morgan fingerprint density at radius 2 is 2.14 bits per heavy atom. The Balaban J connectivity index is 1.80. The average Bonchev–Trinajstić information content (AvgIpc) is 3.18. The van der Waals surface area contributed by atoms with E-state index in [2.05, 4.69) is 24.1 Å². The first-order chi connectivity index (χ1) is 10.1. The minimum atomic E-state index is -0.177. The normalized spacial score (nSPS) is 15.5. The van der Waals surface area contributed by atoms with E-state index in [9.17, 15) is 4.79 Å². The summed E-state index contributed by atoms with van der Waals surface area (Å²) in [6.07, 6.45) is 4.07. The van der Waals surface area contributed by atoms with E-state index in [-0.39, 0.29) is 5.91 Å². The van der Waals surface area contributed by atoms with Gasteiger partial charge in [0, 0.05) is 17.0 Å². The molecule has 2 aromatic rings. The number of likely N-dealkylation sites (tertiary alicyclic amines) is 1. The smallest absolute Gasteiger partial charge is 0.291 e. The van der Waals surface area contributed by atoms with Gasteiger partial charge in [0.1, 0.15) is 5.00 Å². The molecule has 2 aromatic heterocycles. The number of carbonyl (C=O) groups excluding carboxylic acids is 1. The fraction of sp³-hybridized carbons (Fsp3) is 0.438. The van der Waals surface area contributed by atoms with Gasteiger partial charge < -0.3 is 9.73 Å². The van der Waals surface area contributed by atoms with E-state index in [4.69, 9.17) is 4.42 Å². The lowest BCUT2D eigenvalue weighted by Crippen LogP contribution is -2.20. The maximum Gasteiger partial charge on any atom is 0.291 e. The van der Waals surface area contributed by atoms with Gasteiger partial charge in [-0.25, -0.2) is 0 Å². The van der Waals surface area contributed by atoms with Gasteiger partial charge in [-0.3, -0.25) is 9.69 Å². The van der Waals surface area contributed by atoms with Crippen LogP contribution in [0.1, 0.15) is 39.4 Å². The fourth-order valence-electron chi connectivity index (χ4n) is 2.70. The minimum Gasteiger partial charge on any atom is -0.459 e. The summed E-state index contributed by atoms with van der Waals surface area (Å²) >= 11 is 1.65. The van der Waals surface area contributed by atoms with Crippen LogP contribution in [0.2, 0.25) is 0 Å². The summed E-state index contributed by atoms with van der Waals surface area (Å²) in [7, 11) is 0. The molecular formula is C16H20N2O2S. The molecule has 1 amide bonds. The lowest BCUT2D eigenvalue weighted by molar-refractivity contribution is 0.0997. The first-order valence-corrected chi connectivity index (χ1v) is 8.13. The number of aryl methyl sites for hydroxylation is 1. The molecule has 0 unspecified atom stereocenters. The van der Waals surface area contributed by atoms with Crippen LogP contribution in [0.5, 0.6) is 0 Å². The standard InChI is InChI=1S/C16H20N2O2S/c1-11-12(2)21-16(13(11)10-18-7-3-4-8-18)17-15(19)14-6-5-9-20-14/h5-6,9H,3-4,7-8,10H2,1-2H3,(H,17,19). The molecule has 4 nitrogen and oxygen atoms in total. The van der Waals surface area contributed by atoms with Gasteiger partial charge in [-0.05, 0) is 57.5 Å². The third kappa shape index (κ3) is 3.04. The van der Waals surface area contributed by atoms with Gasteiger partial charge in [0.2, 0.25) is 0 Å². The van der Waals surface area contributed by atoms with Gasteiger partial charge in [0.15, 0.2) is 5.76 Å². The lowest BCUT2D eigenvalue weighted by atomic mass is 10.1. The number of rotatable bonds is 4. The monoisotopic (exact) mass is 304 g/mol. The summed E-state index contributed by atoms with van der Waals surface area (Å²) < 4.78 is 5.16. The summed E-state index contributed by atoms with van der Waals surface area (Å²) in [5, 5.41) is 3.96. The summed E-state index contributed by atoms with van der Waals surface area (Å²) in [6, 6.07) is 3.41. The molecule has 3 heterocycles. The molecule has 5 heteroatoms. The van der Waals surface area contributed by atoms with E-state index in [1.54, 1.807) is 23.5 Å². The van der Waals surface area contributed by atoms with Crippen molar-refractivity contribution in [3.63, 3.8) is 0 Å². The molecule has 0 spiro atoms. The van der Waals surface area contributed by atoms with Crippen LogP contribution in [-0.2, 0) is 6.54 Å². The largest absolute Gasteiger partial charge is 0.459 e. The van der Waals surface area contributed by atoms with E-state index >= 15 is 0 Å². The van der Waals surface area contributed by atoms with Crippen molar-refractivity contribution >= 4 is 22.2 Å². The zero-order valence-corrected chi connectivity index (χ0v) is 13.3. The van der Waals surface area contributed by atoms with Crippen LogP contribution in [0.3, 0.4) is 0 Å². The number of carbonyl (C=O) groups is 1. The van der Waals surface area contributed by atoms with E-state index in [0.29, 0.717) is 5.76 Å². The Bertz CT molecular complexity index is 625. The predicted octanol–water partition coefficient (Wildman–Crippen LogP) is 3.81. The van der Waals surface area contributed by atoms with E-state index < -0.39 is 0 Å². The van der Waals surface area contributed by atoms with Crippen molar-refractivity contribution < 1.29 is 9.21 Å². The number of amides is 1. The van der Waals surface area contributed by atoms with Crippen molar-refractivity contribution in [2.24, 2.45) is 0 Å². The average molecular weight is 304 g/mol. The molecule has 112 valence electrons.